The highest BCUT2D eigenvalue weighted by atomic mass is 16.6. The summed E-state index contributed by atoms with van der Waals surface area (Å²) >= 11 is 0. The molecule has 1 aromatic carbocycles. The van der Waals surface area contributed by atoms with Crippen LogP contribution in [0.2, 0.25) is 0 Å². The number of hydrogen-bond donors (Lipinski definition) is 1. The summed E-state index contributed by atoms with van der Waals surface area (Å²) in [5, 5.41) is 7.05. The fraction of sp³-hybridized carbons (Fsp3) is 0.556. The number of rotatable bonds is 7. The molecule has 0 saturated carbocycles. The van der Waals surface area contributed by atoms with Crippen molar-refractivity contribution in [2.45, 2.75) is 38.2 Å². The SMILES string of the molecule is O=C(CC1=NOC(CCc2ccccc2)C1)NCC1CCOC1. The summed E-state index contributed by atoms with van der Waals surface area (Å²) in [6.45, 7) is 2.26. The minimum atomic E-state index is 0.0305. The highest BCUT2D eigenvalue weighted by molar-refractivity contribution is 6.01. The smallest absolute Gasteiger partial charge is 0.225 e. The Hall–Kier alpha value is -1.88. The van der Waals surface area contributed by atoms with Crippen LogP contribution >= 0.6 is 0 Å². The highest BCUT2D eigenvalue weighted by Crippen LogP contribution is 2.18. The molecule has 0 aromatic heterocycles. The zero-order chi connectivity index (χ0) is 15.9. The fourth-order valence-electron chi connectivity index (χ4n) is 2.97. The van der Waals surface area contributed by atoms with Crippen LogP contribution in [0.5, 0.6) is 0 Å². The van der Waals surface area contributed by atoms with Gasteiger partial charge in [-0.15, -0.1) is 0 Å². The second-order valence-corrected chi connectivity index (χ2v) is 6.32. The van der Waals surface area contributed by atoms with Gasteiger partial charge in [-0.05, 0) is 24.8 Å². The molecule has 5 nitrogen and oxygen atoms in total. The van der Waals surface area contributed by atoms with E-state index in [4.69, 9.17) is 9.57 Å². The second kappa shape index (κ2) is 8.11. The summed E-state index contributed by atoms with van der Waals surface area (Å²) in [7, 11) is 0. The Labute approximate surface area is 137 Å². The van der Waals surface area contributed by atoms with Gasteiger partial charge in [-0.3, -0.25) is 4.79 Å². The van der Waals surface area contributed by atoms with E-state index >= 15 is 0 Å². The average molecular weight is 316 g/mol. The van der Waals surface area contributed by atoms with E-state index in [9.17, 15) is 4.79 Å². The molecule has 23 heavy (non-hydrogen) atoms. The molecule has 2 aliphatic heterocycles. The first-order valence-corrected chi connectivity index (χ1v) is 8.39. The van der Waals surface area contributed by atoms with Crippen molar-refractivity contribution >= 4 is 11.6 Å². The van der Waals surface area contributed by atoms with Crippen LogP contribution in [0.15, 0.2) is 35.5 Å². The number of amides is 1. The predicted molar refractivity (Wildman–Crippen MR) is 88.2 cm³/mol. The van der Waals surface area contributed by atoms with Gasteiger partial charge >= 0.3 is 0 Å². The van der Waals surface area contributed by atoms with Crippen molar-refractivity contribution in [1.29, 1.82) is 0 Å². The summed E-state index contributed by atoms with van der Waals surface area (Å²) in [4.78, 5) is 17.4. The van der Waals surface area contributed by atoms with Crippen molar-refractivity contribution in [1.82, 2.24) is 5.32 Å². The number of ether oxygens (including phenoxy) is 1. The highest BCUT2D eigenvalue weighted by Gasteiger charge is 2.23. The lowest BCUT2D eigenvalue weighted by molar-refractivity contribution is -0.120. The normalized spacial score (nSPS) is 23.4. The van der Waals surface area contributed by atoms with Gasteiger partial charge < -0.3 is 14.9 Å². The quantitative estimate of drug-likeness (QED) is 0.840. The molecule has 0 spiro atoms. The number of nitrogens with one attached hydrogen (secondary N) is 1. The van der Waals surface area contributed by atoms with Gasteiger partial charge in [0, 0.05) is 25.5 Å². The van der Waals surface area contributed by atoms with E-state index in [2.05, 4.69) is 22.6 Å². The van der Waals surface area contributed by atoms with Gasteiger partial charge in [0.2, 0.25) is 5.91 Å². The van der Waals surface area contributed by atoms with Crippen molar-refractivity contribution in [3.8, 4) is 0 Å². The summed E-state index contributed by atoms with van der Waals surface area (Å²) in [5.74, 6) is 0.488. The molecule has 124 valence electrons. The van der Waals surface area contributed by atoms with E-state index in [0.717, 1.165) is 44.6 Å². The first kappa shape index (κ1) is 16.0. The first-order chi connectivity index (χ1) is 11.3. The monoisotopic (exact) mass is 316 g/mol. The van der Waals surface area contributed by atoms with Crippen LogP contribution in [-0.2, 0) is 20.8 Å². The van der Waals surface area contributed by atoms with Gasteiger partial charge in [-0.2, -0.15) is 0 Å². The van der Waals surface area contributed by atoms with Crippen LogP contribution in [0, 0.1) is 5.92 Å². The molecule has 1 fully saturated rings. The van der Waals surface area contributed by atoms with Crippen molar-refractivity contribution in [3.05, 3.63) is 35.9 Å². The number of carbonyl (C=O) groups is 1. The summed E-state index contributed by atoms with van der Waals surface area (Å²) in [5.41, 5.74) is 2.16. The number of nitrogens with zero attached hydrogens (tertiary/aromatic N) is 1. The Balaban J connectivity index is 1.33. The average Bonchev–Trinajstić information content (AvgIpc) is 3.24. The van der Waals surface area contributed by atoms with Crippen LogP contribution in [0.3, 0.4) is 0 Å². The third-order valence-electron chi connectivity index (χ3n) is 4.37. The number of oxime groups is 1. The largest absolute Gasteiger partial charge is 0.392 e. The lowest BCUT2D eigenvalue weighted by Gasteiger charge is -2.09. The van der Waals surface area contributed by atoms with Crippen LogP contribution in [0.4, 0.5) is 0 Å². The lowest BCUT2D eigenvalue weighted by Crippen LogP contribution is -2.30. The van der Waals surface area contributed by atoms with Gasteiger partial charge in [-0.1, -0.05) is 35.5 Å². The zero-order valence-electron chi connectivity index (χ0n) is 13.4. The maximum absolute atomic E-state index is 12.0. The van der Waals surface area contributed by atoms with Gasteiger partial charge in [0.1, 0.15) is 6.10 Å². The van der Waals surface area contributed by atoms with Gasteiger partial charge in [-0.25, -0.2) is 0 Å². The zero-order valence-corrected chi connectivity index (χ0v) is 13.4. The molecular formula is C18H24N2O3. The molecule has 2 unspecified atom stereocenters. The Kier molecular flexibility index (Phi) is 5.64. The number of benzene rings is 1. The van der Waals surface area contributed by atoms with Crippen LogP contribution < -0.4 is 5.32 Å². The van der Waals surface area contributed by atoms with Crippen molar-refractivity contribution in [2.75, 3.05) is 19.8 Å². The van der Waals surface area contributed by atoms with Gasteiger partial charge in [0.15, 0.2) is 0 Å². The molecule has 1 N–H and O–H groups in total. The first-order valence-electron chi connectivity index (χ1n) is 8.39. The maximum atomic E-state index is 12.0. The third kappa shape index (κ3) is 5.06. The van der Waals surface area contributed by atoms with Crippen LogP contribution in [-0.4, -0.2) is 37.5 Å². The summed E-state index contributed by atoms with van der Waals surface area (Å²) in [6.07, 6.45) is 4.13. The third-order valence-corrected chi connectivity index (χ3v) is 4.37. The Morgan fingerprint density at radius 3 is 2.96 bits per heavy atom. The molecule has 1 amide bonds. The number of aryl methyl sites for hydroxylation is 1. The predicted octanol–water partition coefficient (Wildman–Crippen LogP) is 2.31. The topological polar surface area (TPSA) is 59.9 Å². The molecular weight excluding hydrogens is 292 g/mol. The van der Waals surface area contributed by atoms with E-state index < -0.39 is 0 Å². The molecule has 1 saturated heterocycles. The molecule has 3 rings (SSSR count). The van der Waals surface area contributed by atoms with E-state index in [1.807, 2.05) is 18.2 Å². The molecule has 2 atom stereocenters. The molecule has 0 radical (unpaired) electrons. The van der Waals surface area contributed by atoms with E-state index in [-0.39, 0.29) is 12.0 Å². The molecule has 2 heterocycles. The Morgan fingerprint density at radius 2 is 2.17 bits per heavy atom. The van der Waals surface area contributed by atoms with Crippen molar-refractivity contribution in [3.63, 3.8) is 0 Å². The molecule has 2 aliphatic rings. The Morgan fingerprint density at radius 1 is 1.30 bits per heavy atom. The van der Waals surface area contributed by atoms with E-state index in [1.54, 1.807) is 0 Å². The molecule has 0 aliphatic carbocycles. The van der Waals surface area contributed by atoms with Crippen molar-refractivity contribution in [2.24, 2.45) is 11.1 Å². The van der Waals surface area contributed by atoms with Gasteiger partial charge in [0.05, 0.1) is 18.7 Å². The number of hydrogen-bond acceptors (Lipinski definition) is 4. The van der Waals surface area contributed by atoms with Crippen molar-refractivity contribution < 1.29 is 14.4 Å². The number of carbonyl (C=O) groups excluding carboxylic acids is 1. The minimum Gasteiger partial charge on any atom is -0.392 e. The second-order valence-electron chi connectivity index (χ2n) is 6.32. The Bertz CT molecular complexity index is 538. The lowest BCUT2D eigenvalue weighted by atomic mass is 10.0. The van der Waals surface area contributed by atoms with E-state index in [1.165, 1.54) is 5.56 Å². The van der Waals surface area contributed by atoms with Gasteiger partial charge in [0.25, 0.3) is 0 Å². The molecule has 5 heteroatoms. The summed E-state index contributed by atoms with van der Waals surface area (Å²) < 4.78 is 5.31. The van der Waals surface area contributed by atoms with E-state index in [0.29, 0.717) is 18.9 Å². The minimum absolute atomic E-state index is 0.0305. The maximum Gasteiger partial charge on any atom is 0.225 e. The fourth-order valence-corrected chi connectivity index (χ4v) is 2.97. The van der Waals surface area contributed by atoms with Crippen LogP contribution in [0.25, 0.3) is 0 Å². The molecule has 0 bridgehead atoms. The summed E-state index contributed by atoms with van der Waals surface area (Å²) in [6, 6.07) is 10.4. The molecule has 1 aromatic rings. The van der Waals surface area contributed by atoms with Crippen LogP contribution in [0.1, 0.15) is 31.2 Å². The standard InChI is InChI=1S/C18H24N2O3/c21-18(19-12-15-8-9-22-13-15)11-16-10-17(23-20-16)7-6-14-4-2-1-3-5-14/h1-5,15,17H,6-13H2,(H,19,21).